The first-order chi connectivity index (χ1) is 8.35. The van der Waals surface area contributed by atoms with Crippen molar-refractivity contribution in [3.63, 3.8) is 0 Å². The maximum Gasteiger partial charge on any atom is 0.338 e. The molecule has 0 heterocycles. The van der Waals surface area contributed by atoms with Crippen LogP contribution in [0.4, 0.5) is 5.69 Å². The number of aryl methyl sites for hydroxylation is 1. The summed E-state index contributed by atoms with van der Waals surface area (Å²) in [5, 5.41) is 0. The van der Waals surface area contributed by atoms with Crippen LogP contribution >= 0.6 is 0 Å². The van der Waals surface area contributed by atoms with E-state index in [1.807, 2.05) is 0 Å². The van der Waals surface area contributed by atoms with Crippen LogP contribution in [0.15, 0.2) is 18.2 Å². The maximum absolute atomic E-state index is 11.6. The summed E-state index contributed by atoms with van der Waals surface area (Å²) in [6.45, 7) is 3.21. The Hall–Kier alpha value is -1.56. The number of rotatable bonds is 5. The first-order valence-electron chi connectivity index (χ1n) is 5.59. The Balaban J connectivity index is 2.58. The summed E-state index contributed by atoms with van der Waals surface area (Å²) in [5.74, 6) is -0.640. The van der Waals surface area contributed by atoms with E-state index in [0.29, 0.717) is 11.3 Å². The van der Waals surface area contributed by atoms with E-state index in [2.05, 4.69) is 0 Å². The molecular weight excluding hydrogens is 254 g/mol. The highest BCUT2D eigenvalue weighted by Gasteiger charge is 2.11. The molecule has 1 aromatic carbocycles. The molecule has 0 spiro atoms. The molecule has 0 atom stereocenters. The van der Waals surface area contributed by atoms with Gasteiger partial charge in [-0.3, -0.25) is 0 Å². The highest BCUT2D eigenvalue weighted by Crippen LogP contribution is 2.13. The van der Waals surface area contributed by atoms with Crippen molar-refractivity contribution < 1.29 is 17.9 Å². The number of hydrogen-bond acceptors (Lipinski definition) is 5. The predicted molar refractivity (Wildman–Crippen MR) is 70.2 cm³/mol. The lowest BCUT2D eigenvalue weighted by Crippen LogP contribution is -2.17. The van der Waals surface area contributed by atoms with Crippen LogP contribution in [0.25, 0.3) is 0 Å². The van der Waals surface area contributed by atoms with Crippen LogP contribution in [-0.4, -0.2) is 32.5 Å². The van der Waals surface area contributed by atoms with Gasteiger partial charge in [0.05, 0.1) is 11.3 Å². The van der Waals surface area contributed by atoms with E-state index in [4.69, 9.17) is 10.5 Å². The molecule has 0 aliphatic carbocycles. The Kier molecular flexibility index (Phi) is 4.72. The van der Waals surface area contributed by atoms with Gasteiger partial charge in [0.1, 0.15) is 6.61 Å². The molecule has 0 aliphatic heterocycles. The minimum Gasteiger partial charge on any atom is -0.461 e. The van der Waals surface area contributed by atoms with Crippen molar-refractivity contribution >= 4 is 21.5 Å². The molecule has 0 bridgehead atoms. The molecule has 0 saturated heterocycles. The predicted octanol–water partition coefficient (Wildman–Crippen LogP) is 1.17. The summed E-state index contributed by atoms with van der Waals surface area (Å²) in [7, 11) is -3.11. The van der Waals surface area contributed by atoms with Gasteiger partial charge >= 0.3 is 5.97 Å². The topological polar surface area (TPSA) is 86.5 Å². The third-order valence-electron chi connectivity index (χ3n) is 2.57. The lowest BCUT2D eigenvalue weighted by molar-refractivity contribution is 0.0529. The van der Waals surface area contributed by atoms with Crippen LogP contribution in [0.3, 0.4) is 0 Å². The van der Waals surface area contributed by atoms with Gasteiger partial charge in [-0.2, -0.15) is 0 Å². The second-order valence-corrected chi connectivity index (χ2v) is 6.42. The van der Waals surface area contributed by atoms with E-state index in [1.54, 1.807) is 32.0 Å². The van der Waals surface area contributed by atoms with Gasteiger partial charge in [0.25, 0.3) is 0 Å². The Morgan fingerprint density at radius 2 is 2.06 bits per heavy atom. The number of anilines is 1. The normalized spacial score (nSPS) is 11.2. The van der Waals surface area contributed by atoms with Gasteiger partial charge in [0.2, 0.25) is 0 Å². The van der Waals surface area contributed by atoms with Gasteiger partial charge < -0.3 is 10.5 Å². The smallest absolute Gasteiger partial charge is 0.338 e. The van der Waals surface area contributed by atoms with E-state index in [9.17, 15) is 13.2 Å². The third kappa shape index (κ3) is 4.03. The molecule has 0 saturated carbocycles. The van der Waals surface area contributed by atoms with Crippen LogP contribution in [0.2, 0.25) is 0 Å². The van der Waals surface area contributed by atoms with E-state index < -0.39 is 15.8 Å². The lowest BCUT2D eigenvalue weighted by Gasteiger charge is -2.06. The van der Waals surface area contributed by atoms with Gasteiger partial charge in [-0.15, -0.1) is 0 Å². The van der Waals surface area contributed by atoms with Crippen molar-refractivity contribution in [2.75, 3.05) is 23.8 Å². The molecule has 0 unspecified atom stereocenters. The second-order valence-electron chi connectivity index (χ2n) is 3.94. The number of carbonyl (C=O) groups excluding carboxylic acids is 1. The number of ether oxygens (including phenoxy) is 1. The standard InChI is InChI=1S/C12H17NO4S/c1-3-18(15,16)7-6-17-12(14)10-4-5-11(13)9(2)8-10/h4-5,8H,3,6-7,13H2,1-2H3. The number of nitrogen functional groups attached to an aromatic ring is 1. The van der Waals surface area contributed by atoms with Gasteiger partial charge in [-0.1, -0.05) is 6.92 Å². The van der Waals surface area contributed by atoms with Crippen molar-refractivity contribution in [1.82, 2.24) is 0 Å². The monoisotopic (exact) mass is 271 g/mol. The fourth-order valence-electron chi connectivity index (χ4n) is 1.29. The number of hydrogen-bond donors (Lipinski definition) is 1. The van der Waals surface area contributed by atoms with Crippen molar-refractivity contribution in [3.8, 4) is 0 Å². The molecule has 1 rings (SSSR count). The van der Waals surface area contributed by atoms with Crippen LogP contribution in [0, 0.1) is 6.92 Å². The maximum atomic E-state index is 11.6. The SMILES string of the molecule is CCS(=O)(=O)CCOC(=O)c1ccc(N)c(C)c1. The molecule has 6 heteroatoms. The van der Waals surface area contributed by atoms with Gasteiger partial charge in [0, 0.05) is 11.4 Å². The fourth-order valence-corrected chi connectivity index (χ4v) is 1.92. The second kappa shape index (κ2) is 5.86. The van der Waals surface area contributed by atoms with Crippen molar-refractivity contribution in [2.45, 2.75) is 13.8 Å². The van der Waals surface area contributed by atoms with Crippen LogP contribution in [-0.2, 0) is 14.6 Å². The van der Waals surface area contributed by atoms with E-state index in [0.717, 1.165) is 5.56 Å². The Morgan fingerprint density at radius 1 is 1.39 bits per heavy atom. The average molecular weight is 271 g/mol. The quantitative estimate of drug-likeness (QED) is 0.641. The van der Waals surface area contributed by atoms with Crippen molar-refractivity contribution in [3.05, 3.63) is 29.3 Å². The summed E-state index contributed by atoms with van der Waals surface area (Å²) in [6, 6.07) is 4.79. The zero-order valence-corrected chi connectivity index (χ0v) is 11.3. The Morgan fingerprint density at radius 3 is 2.61 bits per heavy atom. The highest BCUT2D eigenvalue weighted by atomic mass is 32.2. The van der Waals surface area contributed by atoms with Crippen LogP contribution < -0.4 is 5.73 Å². The van der Waals surface area contributed by atoms with E-state index in [1.165, 1.54) is 0 Å². The fraction of sp³-hybridized carbons (Fsp3) is 0.417. The third-order valence-corrected chi connectivity index (χ3v) is 4.24. The molecule has 1 aromatic rings. The zero-order valence-electron chi connectivity index (χ0n) is 10.5. The Bertz CT molecular complexity index is 537. The van der Waals surface area contributed by atoms with Gasteiger partial charge in [0.15, 0.2) is 9.84 Å². The minimum absolute atomic E-state index is 0.0472. The number of nitrogens with two attached hydrogens (primary N) is 1. The number of carbonyl (C=O) groups is 1. The lowest BCUT2D eigenvalue weighted by atomic mass is 10.1. The zero-order chi connectivity index (χ0) is 13.8. The van der Waals surface area contributed by atoms with Crippen LogP contribution in [0.5, 0.6) is 0 Å². The molecule has 0 amide bonds. The molecular formula is C12H17NO4S. The van der Waals surface area contributed by atoms with Gasteiger partial charge in [-0.25, -0.2) is 13.2 Å². The molecule has 0 aliphatic rings. The minimum atomic E-state index is -3.11. The molecule has 5 nitrogen and oxygen atoms in total. The summed E-state index contributed by atoms with van der Waals surface area (Å²) >= 11 is 0. The Labute approximate surface area is 107 Å². The number of benzene rings is 1. The molecule has 0 fully saturated rings. The molecule has 100 valence electrons. The molecule has 0 aromatic heterocycles. The summed E-state index contributed by atoms with van der Waals surface area (Å²) in [4.78, 5) is 11.6. The first kappa shape index (κ1) is 14.5. The molecule has 0 radical (unpaired) electrons. The number of sulfone groups is 1. The van der Waals surface area contributed by atoms with Crippen molar-refractivity contribution in [2.24, 2.45) is 0 Å². The largest absolute Gasteiger partial charge is 0.461 e. The van der Waals surface area contributed by atoms with Crippen LogP contribution in [0.1, 0.15) is 22.8 Å². The van der Waals surface area contributed by atoms with Crippen molar-refractivity contribution in [1.29, 1.82) is 0 Å². The summed E-state index contributed by atoms with van der Waals surface area (Å²) in [6.07, 6.45) is 0. The van der Waals surface area contributed by atoms with E-state index >= 15 is 0 Å². The molecule has 2 N–H and O–H groups in total. The average Bonchev–Trinajstić information content (AvgIpc) is 2.32. The highest BCUT2D eigenvalue weighted by molar-refractivity contribution is 7.91. The summed E-state index contributed by atoms with van der Waals surface area (Å²) < 4.78 is 27.3. The van der Waals surface area contributed by atoms with E-state index in [-0.39, 0.29) is 18.1 Å². The number of esters is 1. The summed E-state index contributed by atoms with van der Waals surface area (Å²) in [5.41, 5.74) is 7.38. The molecule has 18 heavy (non-hydrogen) atoms. The first-order valence-corrected chi connectivity index (χ1v) is 7.41. The van der Waals surface area contributed by atoms with Gasteiger partial charge in [-0.05, 0) is 30.7 Å².